The van der Waals surface area contributed by atoms with Gasteiger partial charge in [0.05, 0.1) is 19.3 Å². The first-order valence-electron chi connectivity index (χ1n) is 11.9. The Hall–Kier alpha value is -3.51. The molecule has 0 bridgehead atoms. The number of carboxylic acid groups (broad SMARTS) is 1. The molecule has 3 aromatic carbocycles. The van der Waals surface area contributed by atoms with Crippen molar-refractivity contribution >= 4 is 11.7 Å². The van der Waals surface area contributed by atoms with E-state index in [0.29, 0.717) is 49.5 Å². The Morgan fingerprint density at radius 2 is 1.66 bits per heavy atom. The SMILES string of the molecule is COc1ccc(NC2(C(=O)O)Cc3ccccc3C2)cc1OCCc1cccc(CC(C)(C)O)c1. The van der Waals surface area contributed by atoms with Crippen molar-refractivity contribution in [3.63, 3.8) is 0 Å². The van der Waals surface area contributed by atoms with Crippen LogP contribution in [0.1, 0.15) is 36.1 Å². The standard InChI is InChI=1S/C29H33NO5/c1-28(2,33)17-21-8-6-7-20(15-21)13-14-35-26-16-24(11-12-25(26)34-3)30-29(27(31)32)18-22-9-4-5-10-23(22)19-29/h4-12,15-16,30,33H,13-14,17-19H2,1-3H3,(H,31,32). The number of carbonyl (C=O) groups is 1. The van der Waals surface area contributed by atoms with Crippen LogP contribution in [-0.2, 0) is 30.5 Å². The Labute approximate surface area is 206 Å². The van der Waals surface area contributed by atoms with Crippen LogP contribution in [0, 0.1) is 0 Å². The van der Waals surface area contributed by atoms with Gasteiger partial charge in [-0.25, -0.2) is 4.79 Å². The number of hydrogen-bond acceptors (Lipinski definition) is 5. The summed E-state index contributed by atoms with van der Waals surface area (Å²) in [6.45, 7) is 4.03. The Morgan fingerprint density at radius 1 is 0.971 bits per heavy atom. The number of hydrogen-bond donors (Lipinski definition) is 3. The van der Waals surface area contributed by atoms with Crippen molar-refractivity contribution in [3.05, 3.63) is 89.0 Å². The molecule has 0 atom stereocenters. The van der Waals surface area contributed by atoms with E-state index < -0.39 is 17.1 Å². The van der Waals surface area contributed by atoms with Gasteiger partial charge in [0.1, 0.15) is 5.54 Å². The quantitative estimate of drug-likeness (QED) is 0.395. The Balaban J connectivity index is 1.46. The number of ether oxygens (including phenoxy) is 2. The Kier molecular flexibility index (Phi) is 7.03. The van der Waals surface area contributed by atoms with Gasteiger partial charge in [-0.05, 0) is 48.2 Å². The maximum absolute atomic E-state index is 12.3. The molecule has 1 aliphatic rings. The zero-order valence-electron chi connectivity index (χ0n) is 20.5. The van der Waals surface area contributed by atoms with E-state index in [2.05, 4.69) is 11.4 Å². The first-order valence-corrected chi connectivity index (χ1v) is 11.9. The molecule has 1 aliphatic carbocycles. The van der Waals surface area contributed by atoms with Crippen LogP contribution in [-0.4, -0.2) is 41.0 Å². The highest BCUT2D eigenvalue weighted by molar-refractivity contribution is 5.85. The number of aliphatic hydroxyl groups is 1. The van der Waals surface area contributed by atoms with Crippen LogP contribution in [0.15, 0.2) is 66.7 Å². The lowest BCUT2D eigenvalue weighted by Crippen LogP contribution is -2.47. The minimum Gasteiger partial charge on any atom is -0.493 e. The number of aliphatic carboxylic acids is 1. The minimum atomic E-state index is -1.10. The molecule has 0 spiro atoms. The van der Waals surface area contributed by atoms with Crippen molar-refractivity contribution in [1.29, 1.82) is 0 Å². The summed E-state index contributed by atoms with van der Waals surface area (Å²) in [6, 6.07) is 21.4. The van der Waals surface area contributed by atoms with Gasteiger partial charge in [-0.3, -0.25) is 0 Å². The van der Waals surface area contributed by atoms with Crippen LogP contribution in [0.4, 0.5) is 5.69 Å². The zero-order chi connectivity index (χ0) is 25.1. The molecule has 6 nitrogen and oxygen atoms in total. The summed E-state index contributed by atoms with van der Waals surface area (Å²) in [5.74, 6) is 0.268. The van der Waals surface area contributed by atoms with Crippen LogP contribution in [0.3, 0.4) is 0 Å². The van der Waals surface area contributed by atoms with E-state index in [0.717, 1.165) is 22.3 Å². The summed E-state index contributed by atoms with van der Waals surface area (Å²) in [4.78, 5) is 12.3. The Morgan fingerprint density at radius 3 is 2.29 bits per heavy atom. The van der Waals surface area contributed by atoms with Gasteiger partial charge in [0.25, 0.3) is 0 Å². The molecule has 0 saturated carbocycles. The summed E-state index contributed by atoms with van der Waals surface area (Å²) in [5.41, 5.74) is 3.12. The summed E-state index contributed by atoms with van der Waals surface area (Å²) in [6.07, 6.45) is 2.11. The zero-order valence-corrected chi connectivity index (χ0v) is 20.5. The topological polar surface area (TPSA) is 88.0 Å². The van der Waals surface area contributed by atoms with Crippen molar-refractivity contribution in [1.82, 2.24) is 0 Å². The number of benzene rings is 3. The first kappa shape index (κ1) is 24.6. The maximum atomic E-state index is 12.3. The van der Waals surface area contributed by atoms with E-state index in [1.54, 1.807) is 33.1 Å². The fourth-order valence-corrected chi connectivity index (χ4v) is 4.73. The third-order valence-electron chi connectivity index (χ3n) is 6.34. The fraction of sp³-hybridized carbons (Fsp3) is 0.345. The summed E-state index contributed by atoms with van der Waals surface area (Å²) in [7, 11) is 1.59. The molecular formula is C29H33NO5. The first-order chi connectivity index (χ1) is 16.7. The van der Waals surface area contributed by atoms with Crippen LogP contribution >= 0.6 is 0 Å². The van der Waals surface area contributed by atoms with Gasteiger partial charge >= 0.3 is 5.97 Å². The molecule has 0 saturated heterocycles. The molecule has 4 rings (SSSR count). The molecular weight excluding hydrogens is 442 g/mol. The van der Waals surface area contributed by atoms with Gasteiger partial charge in [-0.15, -0.1) is 0 Å². The normalized spacial score (nSPS) is 14.3. The molecule has 0 amide bonds. The molecule has 0 aromatic heterocycles. The molecule has 3 N–H and O–H groups in total. The van der Waals surface area contributed by atoms with Crippen molar-refractivity contribution in [2.24, 2.45) is 0 Å². The van der Waals surface area contributed by atoms with E-state index >= 15 is 0 Å². The number of anilines is 1. The summed E-state index contributed by atoms with van der Waals surface area (Å²) < 4.78 is 11.5. The molecule has 0 unspecified atom stereocenters. The number of nitrogens with one attached hydrogen (secondary N) is 1. The third kappa shape index (κ3) is 5.95. The number of rotatable bonds is 10. The average Bonchev–Trinajstić information content (AvgIpc) is 3.18. The van der Waals surface area contributed by atoms with Crippen LogP contribution in [0.5, 0.6) is 11.5 Å². The van der Waals surface area contributed by atoms with Gasteiger partial charge < -0.3 is 25.0 Å². The smallest absolute Gasteiger partial charge is 0.330 e. The highest BCUT2D eigenvalue weighted by Gasteiger charge is 2.44. The average molecular weight is 476 g/mol. The maximum Gasteiger partial charge on any atom is 0.330 e. The lowest BCUT2D eigenvalue weighted by Gasteiger charge is -2.27. The second kappa shape index (κ2) is 10.0. The second-order valence-electron chi connectivity index (χ2n) is 9.91. The molecule has 0 aliphatic heterocycles. The highest BCUT2D eigenvalue weighted by Crippen LogP contribution is 2.36. The van der Waals surface area contributed by atoms with Gasteiger partial charge in [0.2, 0.25) is 0 Å². The predicted octanol–water partition coefficient (Wildman–Crippen LogP) is 4.66. The van der Waals surface area contributed by atoms with Crippen LogP contribution in [0.25, 0.3) is 0 Å². The van der Waals surface area contributed by atoms with E-state index in [4.69, 9.17) is 9.47 Å². The monoisotopic (exact) mass is 475 g/mol. The van der Waals surface area contributed by atoms with Gasteiger partial charge in [-0.1, -0.05) is 48.5 Å². The molecule has 6 heteroatoms. The van der Waals surface area contributed by atoms with Crippen LogP contribution < -0.4 is 14.8 Å². The molecule has 35 heavy (non-hydrogen) atoms. The van der Waals surface area contributed by atoms with E-state index in [1.807, 2.05) is 48.5 Å². The van der Waals surface area contributed by atoms with Crippen LogP contribution in [0.2, 0.25) is 0 Å². The van der Waals surface area contributed by atoms with Crippen molar-refractivity contribution in [2.75, 3.05) is 19.0 Å². The Bertz CT molecular complexity index is 1170. The fourth-order valence-electron chi connectivity index (χ4n) is 4.73. The van der Waals surface area contributed by atoms with Crippen molar-refractivity contribution < 1.29 is 24.5 Å². The number of carboxylic acids is 1. The third-order valence-corrected chi connectivity index (χ3v) is 6.34. The summed E-state index contributed by atoms with van der Waals surface area (Å²) >= 11 is 0. The molecule has 0 radical (unpaired) electrons. The lowest BCUT2D eigenvalue weighted by atomic mass is 9.95. The van der Waals surface area contributed by atoms with Gasteiger partial charge in [0.15, 0.2) is 11.5 Å². The molecule has 0 fully saturated rings. The van der Waals surface area contributed by atoms with Gasteiger partial charge in [-0.2, -0.15) is 0 Å². The lowest BCUT2D eigenvalue weighted by molar-refractivity contribution is -0.142. The van der Waals surface area contributed by atoms with Crippen molar-refractivity contribution in [2.45, 2.75) is 50.7 Å². The number of methoxy groups -OCH3 is 1. The van der Waals surface area contributed by atoms with Crippen molar-refractivity contribution in [3.8, 4) is 11.5 Å². The molecule has 0 heterocycles. The summed E-state index contributed by atoms with van der Waals surface area (Å²) in [5, 5.41) is 23.5. The predicted molar refractivity (Wildman–Crippen MR) is 136 cm³/mol. The molecule has 184 valence electrons. The second-order valence-corrected chi connectivity index (χ2v) is 9.91. The largest absolute Gasteiger partial charge is 0.493 e. The van der Waals surface area contributed by atoms with E-state index in [-0.39, 0.29) is 0 Å². The molecule has 3 aromatic rings. The number of fused-ring (bicyclic) bond motifs is 1. The highest BCUT2D eigenvalue weighted by atomic mass is 16.5. The van der Waals surface area contributed by atoms with E-state index in [1.165, 1.54) is 0 Å². The van der Waals surface area contributed by atoms with E-state index in [9.17, 15) is 15.0 Å². The van der Waals surface area contributed by atoms with Gasteiger partial charge in [0, 0.05) is 37.4 Å². The minimum absolute atomic E-state index is 0.418.